The van der Waals surface area contributed by atoms with Crippen LogP contribution in [0.5, 0.6) is 0 Å². The van der Waals surface area contributed by atoms with Crippen LogP contribution >= 0.6 is 0 Å². The van der Waals surface area contributed by atoms with Gasteiger partial charge >= 0.3 is 170 Å². The van der Waals surface area contributed by atoms with Crippen LogP contribution in [0.15, 0.2) is 0 Å². The number of unbranched alkanes of at least 4 members (excludes halogenated alkanes) is 10. The summed E-state index contributed by atoms with van der Waals surface area (Å²) in [5.74, 6) is 0. The van der Waals surface area contributed by atoms with E-state index in [9.17, 15) is 0 Å². The first-order valence-electron chi connectivity index (χ1n) is 10.8. The van der Waals surface area contributed by atoms with Crippen LogP contribution in [0.3, 0.4) is 0 Å². The molecule has 3 nitrogen and oxygen atoms in total. The molecule has 5 heteroatoms. The van der Waals surface area contributed by atoms with E-state index >= 15 is 0 Å². The molecule has 0 aromatic heterocycles. The monoisotopic (exact) mass is 574 g/mol. The van der Waals surface area contributed by atoms with Crippen molar-refractivity contribution in [1.29, 1.82) is 0 Å². The topological polar surface area (TPSA) is 27.7 Å². The van der Waals surface area contributed by atoms with E-state index in [1.165, 1.54) is 77.0 Å². The Hall–Kier alpha value is 1.48. The minimum atomic E-state index is -2.81. The van der Waals surface area contributed by atoms with E-state index < -0.39 is 38.4 Å². The molecular formula is C20H46O3Sn2. The molecule has 0 aromatic carbocycles. The molecule has 0 fully saturated rings. The first kappa shape index (κ1) is 26.5. The van der Waals surface area contributed by atoms with E-state index in [0.29, 0.717) is 0 Å². The number of rotatable bonds is 18. The molecule has 0 rings (SSSR count). The molecule has 0 bridgehead atoms. The van der Waals surface area contributed by atoms with E-state index in [4.69, 9.17) is 7.56 Å². The molecule has 0 saturated carbocycles. The number of hydrogen-bond acceptors (Lipinski definition) is 3. The van der Waals surface area contributed by atoms with Gasteiger partial charge in [0, 0.05) is 0 Å². The fraction of sp³-hybridized carbons (Fsp3) is 1.00. The molecule has 0 aromatic rings. The van der Waals surface area contributed by atoms with Gasteiger partial charge in [-0.25, -0.2) is 0 Å². The summed E-state index contributed by atoms with van der Waals surface area (Å²) in [5.41, 5.74) is 0. The summed E-state index contributed by atoms with van der Waals surface area (Å²) in [7, 11) is 0. The fourth-order valence-electron chi connectivity index (χ4n) is 3.05. The standard InChI is InChI=1S/2C8H17O.4CH3.O.2Sn/c2*1-2-3-4-5-6-7-8-9;;;;;;;/h2*2-8H2,1H3;4*1H3;;;/q2*-1;;;;;;2*+1. The van der Waals surface area contributed by atoms with Gasteiger partial charge in [-0.05, 0) is 0 Å². The Labute approximate surface area is 168 Å². The van der Waals surface area contributed by atoms with Crippen LogP contribution in [0.4, 0.5) is 0 Å². The van der Waals surface area contributed by atoms with Gasteiger partial charge < -0.3 is 0 Å². The third-order valence-electron chi connectivity index (χ3n) is 4.39. The molecule has 0 amide bonds. The third kappa shape index (κ3) is 18.6. The molecule has 0 heterocycles. The summed E-state index contributed by atoms with van der Waals surface area (Å²) in [6.45, 7) is 6.29. The second-order valence-electron chi connectivity index (χ2n) is 8.13. The quantitative estimate of drug-likeness (QED) is 0.129. The minimum absolute atomic E-state index is 0.884. The Kier molecular flexibility index (Phi) is 17.4. The zero-order valence-corrected chi connectivity index (χ0v) is 23.8. The van der Waals surface area contributed by atoms with Gasteiger partial charge in [0.05, 0.1) is 0 Å². The van der Waals surface area contributed by atoms with Crippen molar-refractivity contribution in [1.82, 2.24) is 0 Å². The van der Waals surface area contributed by atoms with Crippen molar-refractivity contribution >= 4 is 38.4 Å². The van der Waals surface area contributed by atoms with E-state index in [0.717, 1.165) is 13.2 Å². The molecule has 0 aliphatic carbocycles. The predicted octanol–water partition coefficient (Wildman–Crippen LogP) is 7.16. The molecule has 0 unspecified atom stereocenters. The first-order valence-corrected chi connectivity index (χ1v) is 26.9. The zero-order chi connectivity index (χ0) is 19.0. The Bertz CT molecular complexity index is 269. The maximum absolute atomic E-state index is 6.49. The van der Waals surface area contributed by atoms with Gasteiger partial charge in [-0.2, -0.15) is 0 Å². The summed E-state index contributed by atoms with van der Waals surface area (Å²) in [4.78, 5) is 8.99. The van der Waals surface area contributed by atoms with E-state index in [-0.39, 0.29) is 0 Å². The molecule has 0 spiro atoms. The van der Waals surface area contributed by atoms with Crippen LogP contribution in [0.25, 0.3) is 0 Å². The summed E-state index contributed by atoms with van der Waals surface area (Å²) in [5, 5.41) is 0. The van der Waals surface area contributed by atoms with Crippen LogP contribution in [-0.4, -0.2) is 51.6 Å². The fourth-order valence-corrected chi connectivity index (χ4v) is 35.3. The van der Waals surface area contributed by atoms with Crippen LogP contribution in [0.1, 0.15) is 90.9 Å². The summed E-state index contributed by atoms with van der Waals surface area (Å²) in [6.07, 6.45) is 15.8. The van der Waals surface area contributed by atoms with Crippen molar-refractivity contribution in [2.24, 2.45) is 0 Å². The van der Waals surface area contributed by atoms with Crippen molar-refractivity contribution in [3.05, 3.63) is 0 Å². The molecule has 0 radical (unpaired) electrons. The van der Waals surface area contributed by atoms with E-state index in [2.05, 4.69) is 33.6 Å². The molecule has 25 heavy (non-hydrogen) atoms. The van der Waals surface area contributed by atoms with Gasteiger partial charge in [0.1, 0.15) is 0 Å². The summed E-state index contributed by atoms with van der Waals surface area (Å²) in [6, 6.07) is 0. The molecule has 0 saturated heterocycles. The van der Waals surface area contributed by atoms with Gasteiger partial charge in [-0.3, -0.25) is 0 Å². The van der Waals surface area contributed by atoms with Gasteiger partial charge in [0.2, 0.25) is 0 Å². The van der Waals surface area contributed by atoms with Gasteiger partial charge in [0.15, 0.2) is 0 Å². The van der Waals surface area contributed by atoms with E-state index in [1.807, 2.05) is 0 Å². The van der Waals surface area contributed by atoms with E-state index in [1.54, 1.807) is 0 Å². The van der Waals surface area contributed by atoms with Crippen LogP contribution < -0.4 is 0 Å². The van der Waals surface area contributed by atoms with Gasteiger partial charge in [-0.15, -0.1) is 0 Å². The summed E-state index contributed by atoms with van der Waals surface area (Å²) >= 11 is -5.62. The van der Waals surface area contributed by atoms with Crippen molar-refractivity contribution in [3.8, 4) is 0 Å². The first-order chi connectivity index (χ1) is 11.8. The SMILES string of the molecule is CCCCCCCC[O][Sn]([CH3])([CH3])[O][Sn]([CH3])([CH3])[O]CCCCCCCC. The molecule has 152 valence electrons. The average Bonchev–Trinajstić information content (AvgIpc) is 2.52. The molecule has 0 atom stereocenters. The summed E-state index contributed by atoms with van der Waals surface area (Å²) < 4.78 is 18.9. The van der Waals surface area contributed by atoms with Crippen LogP contribution in [-0.2, 0) is 7.56 Å². The maximum atomic E-state index is 6.49. The van der Waals surface area contributed by atoms with Crippen molar-refractivity contribution in [2.75, 3.05) is 13.2 Å². The second kappa shape index (κ2) is 16.4. The van der Waals surface area contributed by atoms with Gasteiger partial charge in [-0.1, -0.05) is 0 Å². The molecule has 0 N–H and O–H groups in total. The Morgan fingerprint density at radius 2 is 0.800 bits per heavy atom. The van der Waals surface area contributed by atoms with Gasteiger partial charge in [0.25, 0.3) is 0 Å². The Morgan fingerprint density at radius 3 is 1.16 bits per heavy atom. The van der Waals surface area contributed by atoms with Crippen LogP contribution in [0, 0.1) is 0 Å². The second-order valence-corrected chi connectivity index (χ2v) is 30.3. The Morgan fingerprint density at radius 1 is 0.480 bits per heavy atom. The molecular weight excluding hydrogens is 526 g/mol. The van der Waals surface area contributed by atoms with Crippen molar-refractivity contribution < 1.29 is 7.56 Å². The average molecular weight is 572 g/mol. The third-order valence-corrected chi connectivity index (χ3v) is 31.1. The molecule has 0 aliphatic heterocycles. The predicted molar refractivity (Wildman–Crippen MR) is 115 cm³/mol. The normalized spacial score (nSPS) is 12.7. The van der Waals surface area contributed by atoms with Crippen LogP contribution in [0.2, 0.25) is 19.8 Å². The number of hydrogen-bond donors (Lipinski definition) is 0. The zero-order valence-electron chi connectivity index (χ0n) is 18.1. The van der Waals surface area contributed by atoms with Crippen molar-refractivity contribution in [3.63, 3.8) is 0 Å². The van der Waals surface area contributed by atoms with Crippen molar-refractivity contribution in [2.45, 2.75) is 111 Å². The molecule has 0 aliphatic rings. The Balaban J connectivity index is 3.77.